The number of rotatable bonds is 4. The molecular weight excluding hydrogens is 268 g/mol. The third-order valence-corrected chi connectivity index (χ3v) is 3.66. The molecule has 0 radical (unpaired) electrons. The molecule has 0 aromatic heterocycles. The molecule has 1 aliphatic heterocycles. The van der Waals surface area contributed by atoms with E-state index in [1.807, 2.05) is 31.2 Å². The average Bonchev–Trinajstić information content (AvgIpc) is 2.94. The van der Waals surface area contributed by atoms with Gasteiger partial charge in [0.15, 0.2) is 11.5 Å². The first-order valence-corrected chi connectivity index (χ1v) is 7.04. The number of fused-ring (bicyclic) bond motifs is 1. The highest BCUT2D eigenvalue weighted by Gasteiger charge is 2.21. The summed E-state index contributed by atoms with van der Waals surface area (Å²) in [6.07, 6.45) is 0. The third kappa shape index (κ3) is 2.61. The maximum absolute atomic E-state index is 9.41. The molecule has 0 bridgehead atoms. The summed E-state index contributed by atoms with van der Waals surface area (Å²) in [6.45, 7) is 4.90. The van der Waals surface area contributed by atoms with Crippen LogP contribution in [0.15, 0.2) is 36.4 Å². The summed E-state index contributed by atoms with van der Waals surface area (Å²) >= 11 is 0. The Morgan fingerprint density at radius 1 is 1.14 bits per heavy atom. The Labute approximate surface area is 123 Å². The van der Waals surface area contributed by atoms with Crippen molar-refractivity contribution in [2.24, 2.45) is 0 Å². The Kier molecular flexibility index (Phi) is 3.60. The number of phenolic OH excluding ortho intramolecular Hbond substituents is 1. The zero-order valence-electron chi connectivity index (χ0n) is 12.1. The first-order chi connectivity index (χ1) is 10.2. The minimum atomic E-state index is 0.127. The number of hydrogen-bond acceptors (Lipinski definition) is 4. The van der Waals surface area contributed by atoms with Crippen LogP contribution in [0.2, 0.25) is 0 Å². The van der Waals surface area contributed by atoms with Crippen LogP contribution >= 0.6 is 0 Å². The fourth-order valence-corrected chi connectivity index (χ4v) is 2.50. The number of benzene rings is 2. The molecule has 21 heavy (non-hydrogen) atoms. The summed E-state index contributed by atoms with van der Waals surface area (Å²) in [5, 5.41) is 9.41. The molecule has 1 N–H and O–H groups in total. The van der Waals surface area contributed by atoms with Gasteiger partial charge in [0.05, 0.1) is 6.61 Å². The monoisotopic (exact) mass is 286 g/mol. The second kappa shape index (κ2) is 5.56. The van der Waals surface area contributed by atoms with Crippen molar-refractivity contribution in [2.45, 2.75) is 19.8 Å². The fraction of sp³-hybridized carbons (Fsp3) is 0.294. The molecule has 1 atom stereocenters. The van der Waals surface area contributed by atoms with Gasteiger partial charge in [-0.05, 0) is 30.7 Å². The van der Waals surface area contributed by atoms with E-state index in [0.717, 1.165) is 28.4 Å². The third-order valence-electron chi connectivity index (χ3n) is 3.66. The van der Waals surface area contributed by atoms with E-state index in [1.54, 1.807) is 12.1 Å². The van der Waals surface area contributed by atoms with Crippen LogP contribution in [0.1, 0.15) is 30.9 Å². The van der Waals surface area contributed by atoms with Crippen molar-refractivity contribution < 1.29 is 19.3 Å². The molecule has 0 saturated carbocycles. The predicted octanol–water partition coefficient (Wildman–Crippen LogP) is 3.67. The fourth-order valence-electron chi connectivity index (χ4n) is 2.50. The maximum atomic E-state index is 9.41. The molecule has 0 amide bonds. The lowest BCUT2D eigenvalue weighted by Gasteiger charge is -2.18. The minimum Gasteiger partial charge on any atom is -0.508 e. The van der Waals surface area contributed by atoms with E-state index in [9.17, 15) is 5.11 Å². The molecule has 0 aliphatic carbocycles. The van der Waals surface area contributed by atoms with Crippen molar-refractivity contribution in [1.82, 2.24) is 0 Å². The van der Waals surface area contributed by atoms with E-state index in [0.29, 0.717) is 6.61 Å². The van der Waals surface area contributed by atoms with Crippen LogP contribution in [0.4, 0.5) is 0 Å². The highest BCUT2D eigenvalue weighted by molar-refractivity contribution is 5.54. The molecule has 1 heterocycles. The van der Waals surface area contributed by atoms with Gasteiger partial charge < -0.3 is 19.3 Å². The van der Waals surface area contributed by atoms with Crippen LogP contribution in [-0.2, 0) is 0 Å². The molecule has 4 heteroatoms. The summed E-state index contributed by atoms with van der Waals surface area (Å²) in [5.41, 5.74) is 2.15. The molecule has 2 aromatic rings. The Hall–Kier alpha value is -2.36. The summed E-state index contributed by atoms with van der Waals surface area (Å²) in [6, 6.07) is 11.1. The zero-order chi connectivity index (χ0) is 14.8. The normalized spacial score (nSPS) is 14.0. The van der Waals surface area contributed by atoms with Crippen LogP contribution in [0.5, 0.6) is 23.0 Å². The van der Waals surface area contributed by atoms with Crippen LogP contribution < -0.4 is 14.2 Å². The van der Waals surface area contributed by atoms with Gasteiger partial charge in [-0.15, -0.1) is 0 Å². The van der Waals surface area contributed by atoms with Crippen molar-refractivity contribution in [3.05, 3.63) is 47.5 Å². The molecule has 4 nitrogen and oxygen atoms in total. The summed E-state index contributed by atoms with van der Waals surface area (Å²) in [5.74, 6) is 2.67. The van der Waals surface area contributed by atoms with Gasteiger partial charge in [-0.3, -0.25) is 0 Å². The molecule has 3 rings (SSSR count). The van der Waals surface area contributed by atoms with E-state index >= 15 is 0 Å². The van der Waals surface area contributed by atoms with Crippen molar-refractivity contribution in [2.75, 3.05) is 13.4 Å². The first kappa shape index (κ1) is 13.6. The van der Waals surface area contributed by atoms with Gasteiger partial charge in [-0.2, -0.15) is 0 Å². The van der Waals surface area contributed by atoms with Gasteiger partial charge in [0, 0.05) is 17.5 Å². The average molecular weight is 286 g/mol. The van der Waals surface area contributed by atoms with E-state index in [-0.39, 0.29) is 18.5 Å². The molecule has 2 aromatic carbocycles. The standard InChI is InChI=1S/C17H18O4/c1-3-19-15-9-17-16(20-10-21-17)8-14(15)11(2)12-4-6-13(18)7-5-12/h4-9,11,18H,3,10H2,1-2H3. The van der Waals surface area contributed by atoms with Gasteiger partial charge in [-0.25, -0.2) is 0 Å². The molecule has 110 valence electrons. The smallest absolute Gasteiger partial charge is 0.231 e. The van der Waals surface area contributed by atoms with Crippen molar-refractivity contribution >= 4 is 0 Å². The van der Waals surface area contributed by atoms with E-state index in [2.05, 4.69) is 6.92 Å². The lowest BCUT2D eigenvalue weighted by atomic mass is 9.92. The van der Waals surface area contributed by atoms with Gasteiger partial charge in [0.25, 0.3) is 0 Å². The van der Waals surface area contributed by atoms with Crippen LogP contribution in [0.25, 0.3) is 0 Å². The Bertz CT molecular complexity index is 634. The molecular formula is C17H18O4. The van der Waals surface area contributed by atoms with Gasteiger partial charge in [-0.1, -0.05) is 19.1 Å². The SMILES string of the molecule is CCOc1cc2c(cc1C(C)c1ccc(O)cc1)OCO2. The number of ether oxygens (including phenoxy) is 3. The Balaban J connectivity index is 2.01. The summed E-state index contributed by atoms with van der Waals surface area (Å²) in [4.78, 5) is 0. The van der Waals surface area contributed by atoms with Gasteiger partial charge >= 0.3 is 0 Å². The van der Waals surface area contributed by atoms with Gasteiger partial charge in [0.2, 0.25) is 6.79 Å². The quantitative estimate of drug-likeness (QED) is 0.931. The minimum absolute atomic E-state index is 0.127. The second-order valence-corrected chi connectivity index (χ2v) is 4.99. The van der Waals surface area contributed by atoms with Crippen LogP contribution in [0.3, 0.4) is 0 Å². The number of hydrogen-bond donors (Lipinski definition) is 1. The summed E-state index contributed by atoms with van der Waals surface area (Å²) in [7, 11) is 0. The van der Waals surface area contributed by atoms with Crippen molar-refractivity contribution in [3.8, 4) is 23.0 Å². The highest BCUT2D eigenvalue weighted by Crippen LogP contribution is 2.42. The van der Waals surface area contributed by atoms with E-state index in [1.165, 1.54) is 0 Å². The summed E-state index contributed by atoms with van der Waals surface area (Å²) < 4.78 is 16.6. The molecule has 1 unspecified atom stereocenters. The van der Waals surface area contributed by atoms with Crippen molar-refractivity contribution in [1.29, 1.82) is 0 Å². The lowest BCUT2D eigenvalue weighted by Crippen LogP contribution is -2.02. The Morgan fingerprint density at radius 2 is 1.81 bits per heavy atom. The number of phenols is 1. The number of aromatic hydroxyl groups is 1. The molecule has 0 spiro atoms. The maximum Gasteiger partial charge on any atom is 0.231 e. The van der Waals surface area contributed by atoms with E-state index < -0.39 is 0 Å². The van der Waals surface area contributed by atoms with Crippen LogP contribution in [-0.4, -0.2) is 18.5 Å². The van der Waals surface area contributed by atoms with Crippen LogP contribution in [0, 0.1) is 0 Å². The Morgan fingerprint density at radius 3 is 2.48 bits per heavy atom. The molecule has 0 saturated heterocycles. The van der Waals surface area contributed by atoms with Gasteiger partial charge in [0.1, 0.15) is 11.5 Å². The molecule has 1 aliphatic rings. The topological polar surface area (TPSA) is 47.9 Å². The second-order valence-electron chi connectivity index (χ2n) is 4.99. The first-order valence-electron chi connectivity index (χ1n) is 7.04. The van der Waals surface area contributed by atoms with E-state index in [4.69, 9.17) is 14.2 Å². The van der Waals surface area contributed by atoms with Crippen molar-refractivity contribution in [3.63, 3.8) is 0 Å². The zero-order valence-corrected chi connectivity index (χ0v) is 12.1. The highest BCUT2D eigenvalue weighted by atomic mass is 16.7. The lowest BCUT2D eigenvalue weighted by molar-refractivity contribution is 0.173. The molecule has 0 fully saturated rings. The largest absolute Gasteiger partial charge is 0.508 e. The predicted molar refractivity (Wildman–Crippen MR) is 79.4 cm³/mol.